The van der Waals surface area contributed by atoms with Gasteiger partial charge in [0.05, 0.1) is 4.92 Å². The number of alkyl halides is 1. The zero-order valence-electron chi connectivity index (χ0n) is 9.38. The Hall–Kier alpha value is -1.88. The quantitative estimate of drug-likeness (QED) is 0.481. The fourth-order valence-corrected chi connectivity index (χ4v) is 1.99. The van der Waals surface area contributed by atoms with E-state index in [-0.39, 0.29) is 11.4 Å². The third-order valence-electron chi connectivity index (χ3n) is 2.40. The van der Waals surface area contributed by atoms with Gasteiger partial charge >= 0.3 is 5.69 Å². The molecule has 2 rings (SSSR count). The molecule has 0 atom stereocenters. The van der Waals surface area contributed by atoms with Crippen molar-refractivity contribution in [2.45, 2.75) is 5.33 Å². The van der Waals surface area contributed by atoms with Crippen LogP contribution >= 0.6 is 15.9 Å². The van der Waals surface area contributed by atoms with Gasteiger partial charge in [0.15, 0.2) is 0 Å². The van der Waals surface area contributed by atoms with Crippen LogP contribution < -0.4 is 4.74 Å². The van der Waals surface area contributed by atoms with Gasteiger partial charge in [0.1, 0.15) is 5.75 Å². The molecule has 0 aliphatic carbocycles. The van der Waals surface area contributed by atoms with Gasteiger partial charge in [0.25, 0.3) is 0 Å². The summed E-state index contributed by atoms with van der Waals surface area (Å²) in [4.78, 5) is 10.4. The maximum Gasteiger partial charge on any atom is 0.311 e. The highest BCUT2D eigenvalue weighted by Crippen LogP contribution is 2.32. The second-order valence-electron chi connectivity index (χ2n) is 3.57. The molecule has 0 spiro atoms. The number of rotatable bonds is 4. The lowest BCUT2D eigenvalue weighted by Gasteiger charge is -2.09. The molecular formula is C13H10BrNO3. The van der Waals surface area contributed by atoms with E-state index in [4.69, 9.17) is 4.74 Å². The maximum atomic E-state index is 10.9. The largest absolute Gasteiger partial charge is 0.450 e. The summed E-state index contributed by atoms with van der Waals surface area (Å²) in [7, 11) is 0. The molecule has 0 bridgehead atoms. The molecule has 2 aromatic rings. The highest BCUT2D eigenvalue weighted by Gasteiger charge is 2.15. The van der Waals surface area contributed by atoms with E-state index in [0.29, 0.717) is 11.1 Å². The molecule has 0 heterocycles. The minimum atomic E-state index is -0.452. The van der Waals surface area contributed by atoms with Crippen molar-refractivity contribution < 1.29 is 9.66 Å². The zero-order valence-corrected chi connectivity index (χ0v) is 11.0. The first kappa shape index (κ1) is 12.6. The highest BCUT2D eigenvalue weighted by molar-refractivity contribution is 9.08. The van der Waals surface area contributed by atoms with Gasteiger partial charge < -0.3 is 4.74 Å². The smallest absolute Gasteiger partial charge is 0.311 e. The van der Waals surface area contributed by atoms with E-state index < -0.39 is 4.92 Å². The molecule has 5 heteroatoms. The molecule has 18 heavy (non-hydrogen) atoms. The Balaban J connectivity index is 2.37. The topological polar surface area (TPSA) is 52.4 Å². The third-order valence-corrected chi connectivity index (χ3v) is 3.00. The van der Waals surface area contributed by atoms with E-state index in [1.54, 1.807) is 24.3 Å². The summed E-state index contributed by atoms with van der Waals surface area (Å²) >= 11 is 3.36. The number of nitro groups is 1. The van der Waals surface area contributed by atoms with Gasteiger partial charge in [-0.15, -0.1) is 0 Å². The Bertz CT molecular complexity index is 572. The van der Waals surface area contributed by atoms with Crippen LogP contribution in [0.25, 0.3) is 0 Å². The molecule has 0 radical (unpaired) electrons. The van der Waals surface area contributed by atoms with Crippen molar-refractivity contribution in [1.29, 1.82) is 0 Å². The van der Waals surface area contributed by atoms with Crippen molar-refractivity contribution >= 4 is 21.6 Å². The van der Waals surface area contributed by atoms with Crippen LogP contribution in [0.1, 0.15) is 5.56 Å². The molecule has 0 aromatic heterocycles. The van der Waals surface area contributed by atoms with E-state index in [9.17, 15) is 10.1 Å². The molecule has 0 aliphatic rings. The van der Waals surface area contributed by atoms with E-state index in [0.717, 1.165) is 5.56 Å². The molecule has 0 saturated carbocycles. The van der Waals surface area contributed by atoms with Crippen LogP contribution in [0.3, 0.4) is 0 Å². The Labute approximate surface area is 112 Å². The number of halogens is 1. The number of ether oxygens (including phenoxy) is 1. The van der Waals surface area contributed by atoms with Gasteiger partial charge in [-0.2, -0.15) is 0 Å². The summed E-state index contributed by atoms with van der Waals surface area (Å²) in [6.45, 7) is 0. The molecule has 0 aliphatic heterocycles. The van der Waals surface area contributed by atoms with Crippen molar-refractivity contribution in [1.82, 2.24) is 0 Å². The number of para-hydroxylation sites is 3. The minimum absolute atomic E-state index is 0.0399. The standard InChI is InChI=1S/C13H10BrNO3/c14-9-10-5-1-3-7-12(10)18-13-8-4-2-6-11(13)15(16)17/h1-8H,9H2. The number of hydrogen-bond donors (Lipinski definition) is 0. The minimum Gasteiger partial charge on any atom is -0.450 e. The SMILES string of the molecule is O=[N+]([O-])c1ccccc1Oc1ccccc1CBr. The fourth-order valence-electron chi connectivity index (χ4n) is 1.53. The highest BCUT2D eigenvalue weighted by atomic mass is 79.9. The van der Waals surface area contributed by atoms with Crippen LogP contribution in [-0.2, 0) is 5.33 Å². The first-order valence-corrected chi connectivity index (χ1v) is 6.39. The number of benzene rings is 2. The van der Waals surface area contributed by atoms with Crippen LogP contribution in [0.4, 0.5) is 5.69 Å². The second kappa shape index (κ2) is 5.64. The lowest BCUT2D eigenvalue weighted by atomic mass is 10.2. The molecule has 4 nitrogen and oxygen atoms in total. The van der Waals surface area contributed by atoms with E-state index >= 15 is 0 Å². The van der Waals surface area contributed by atoms with Gasteiger partial charge in [0.2, 0.25) is 5.75 Å². The third kappa shape index (κ3) is 2.68. The second-order valence-corrected chi connectivity index (χ2v) is 4.13. The lowest BCUT2D eigenvalue weighted by molar-refractivity contribution is -0.385. The summed E-state index contributed by atoms with van der Waals surface area (Å²) in [6.07, 6.45) is 0. The predicted octanol–water partition coefficient (Wildman–Crippen LogP) is 4.28. The molecule has 0 saturated heterocycles. The molecule has 0 fully saturated rings. The van der Waals surface area contributed by atoms with E-state index in [1.165, 1.54) is 6.07 Å². The molecular weight excluding hydrogens is 298 g/mol. The first-order valence-electron chi connectivity index (χ1n) is 5.27. The molecule has 92 valence electrons. The Morgan fingerprint density at radius 3 is 2.33 bits per heavy atom. The van der Waals surface area contributed by atoms with Crippen LogP contribution in [0, 0.1) is 10.1 Å². The van der Waals surface area contributed by atoms with Crippen molar-refractivity contribution in [2.75, 3.05) is 0 Å². The van der Waals surface area contributed by atoms with Gasteiger partial charge in [-0.25, -0.2) is 0 Å². The van der Waals surface area contributed by atoms with Crippen molar-refractivity contribution in [3.05, 3.63) is 64.2 Å². The number of hydrogen-bond acceptors (Lipinski definition) is 3. The summed E-state index contributed by atoms with van der Waals surface area (Å²) in [5.41, 5.74) is 0.900. The number of nitro benzene ring substituents is 1. The molecule has 2 aromatic carbocycles. The average molecular weight is 308 g/mol. The molecule has 0 amide bonds. The fraction of sp³-hybridized carbons (Fsp3) is 0.0769. The lowest BCUT2D eigenvalue weighted by Crippen LogP contribution is -1.94. The monoisotopic (exact) mass is 307 g/mol. The van der Waals surface area contributed by atoms with E-state index in [1.807, 2.05) is 18.2 Å². The Kier molecular flexibility index (Phi) is 3.94. The summed E-state index contributed by atoms with van der Waals surface area (Å²) in [5, 5.41) is 11.5. The summed E-state index contributed by atoms with van der Waals surface area (Å²) < 4.78 is 5.62. The summed E-state index contributed by atoms with van der Waals surface area (Å²) in [5.74, 6) is 0.861. The molecule has 0 N–H and O–H groups in total. The van der Waals surface area contributed by atoms with Crippen LogP contribution in [0.15, 0.2) is 48.5 Å². The zero-order chi connectivity index (χ0) is 13.0. The predicted molar refractivity (Wildman–Crippen MR) is 72.2 cm³/mol. The van der Waals surface area contributed by atoms with Crippen LogP contribution in [0.5, 0.6) is 11.5 Å². The summed E-state index contributed by atoms with van der Waals surface area (Å²) in [6, 6.07) is 13.7. The van der Waals surface area contributed by atoms with Crippen LogP contribution in [0.2, 0.25) is 0 Å². The van der Waals surface area contributed by atoms with E-state index in [2.05, 4.69) is 15.9 Å². The van der Waals surface area contributed by atoms with Crippen molar-refractivity contribution in [2.24, 2.45) is 0 Å². The van der Waals surface area contributed by atoms with Crippen molar-refractivity contribution in [3.63, 3.8) is 0 Å². The normalized spacial score (nSPS) is 10.1. The van der Waals surface area contributed by atoms with Gasteiger partial charge in [-0.3, -0.25) is 10.1 Å². The Morgan fingerprint density at radius 2 is 1.67 bits per heavy atom. The van der Waals surface area contributed by atoms with Crippen molar-refractivity contribution in [3.8, 4) is 11.5 Å². The average Bonchev–Trinajstić information content (AvgIpc) is 2.40. The maximum absolute atomic E-state index is 10.9. The molecule has 0 unspecified atom stereocenters. The van der Waals surface area contributed by atoms with Crippen LogP contribution in [-0.4, -0.2) is 4.92 Å². The first-order chi connectivity index (χ1) is 8.72. The van der Waals surface area contributed by atoms with Gasteiger partial charge in [0, 0.05) is 17.0 Å². The Morgan fingerprint density at radius 1 is 1.06 bits per heavy atom. The van der Waals surface area contributed by atoms with Gasteiger partial charge in [-0.1, -0.05) is 46.3 Å². The number of nitrogens with zero attached hydrogens (tertiary/aromatic N) is 1. The van der Waals surface area contributed by atoms with Gasteiger partial charge in [-0.05, 0) is 12.1 Å².